The largest absolute Gasteiger partial charge is 0.365 e. The maximum absolute atomic E-state index is 12.7. The smallest absolute Gasteiger partial charge is 0.282 e. The highest BCUT2D eigenvalue weighted by Gasteiger charge is 2.26. The Labute approximate surface area is 164 Å². The fraction of sp³-hybridized carbons (Fsp3) is 0.333. The van der Waals surface area contributed by atoms with E-state index >= 15 is 0 Å². The second-order valence-electron chi connectivity index (χ2n) is 6.36. The first-order valence-electron chi connectivity index (χ1n) is 8.58. The number of carbonyl (C=O) groups is 2. The van der Waals surface area contributed by atoms with E-state index in [9.17, 15) is 19.7 Å². The third-order valence-corrected chi connectivity index (χ3v) is 5.99. The van der Waals surface area contributed by atoms with Gasteiger partial charge in [0.2, 0.25) is 0 Å². The van der Waals surface area contributed by atoms with E-state index in [0.717, 1.165) is 49.0 Å². The maximum atomic E-state index is 12.7. The van der Waals surface area contributed by atoms with Crippen LogP contribution in [0.1, 0.15) is 56.8 Å². The van der Waals surface area contributed by atoms with Crippen LogP contribution in [0.3, 0.4) is 0 Å². The van der Waals surface area contributed by atoms with Crippen LogP contribution in [-0.4, -0.2) is 16.7 Å². The van der Waals surface area contributed by atoms with Crippen LogP contribution in [0.4, 0.5) is 10.7 Å². The van der Waals surface area contributed by atoms with E-state index in [4.69, 9.17) is 17.3 Å². The zero-order chi connectivity index (χ0) is 19.6. The van der Waals surface area contributed by atoms with Gasteiger partial charge in [-0.2, -0.15) is 0 Å². The molecule has 1 aliphatic carbocycles. The van der Waals surface area contributed by atoms with Gasteiger partial charge >= 0.3 is 0 Å². The highest BCUT2D eigenvalue weighted by atomic mass is 35.5. The first kappa shape index (κ1) is 19.3. The van der Waals surface area contributed by atoms with Crippen molar-refractivity contribution >= 4 is 45.4 Å². The molecule has 1 aromatic carbocycles. The molecule has 7 nitrogen and oxygen atoms in total. The normalized spacial score (nSPS) is 14.0. The number of amides is 2. The molecular weight excluding hydrogens is 390 g/mol. The van der Waals surface area contributed by atoms with Gasteiger partial charge in [0.25, 0.3) is 17.5 Å². The van der Waals surface area contributed by atoms with Crippen molar-refractivity contribution in [1.29, 1.82) is 0 Å². The quantitative estimate of drug-likeness (QED) is 0.579. The SMILES string of the molecule is NC(=O)c1c(NC(=O)c2cc(Cl)ccc2[N+](=O)[O-])sc2c1CCCCCC2. The van der Waals surface area contributed by atoms with Crippen LogP contribution in [0.2, 0.25) is 5.02 Å². The van der Waals surface area contributed by atoms with Crippen LogP contribution in [0, 0.1) is 10.1 Å². The number of anilines is 1. The number of nitrogens with one attached hydrogen (secondary N) is 1. The van der Waals surface area contributed by atoms with Crippen LogP contribution >= 0.6 is 22.9 Å². The Balaban J connectivity index is 1.99. The molecule has 27 heavy (non-hydrogen) atoms. The summed E-state index contributed by atoms with van der Waals surface area (Å²) in [6.45, 7) is 0. The Morgan fingerprint density at radius 2 is 1.89 bits per heavy atom. The number of thiophene rings is 1. The number of nitrogens with two attached hydrogens (primary N) is 1. The third kappa shape index (κ3) is 4.12. The van der Waals surface area contributed by atoms with Gasteiger partial charge in [0.15, 0.2) is 0 Å². The molecule has 2 aromatic rings. The van der Waals surface area contributed by atoms with Crippen molar-refractivity contribution in [2.24, 2.45) is 5.73 Å². The Bertz CT molecular complexity index is 926. The zero-order valence-electron chi connectivity index (χ0n) is 14.4. The van der Waals surface area contributed by atoms with Crippen molar-refractivity contribution in [3.63, 3.8) is 0 Å². The summed E-state index contributed by atoms with van der Waals surface area (Å²) in [5, 5.41) is 14.4. The van der Waals surface area contributed by atoms with E-state index < -0.39 is 16.7 Å². The summed E-state index contributed by atoms with van der Waals surface area (Å²) >= 11 is 7.21. The van der Waals surface area contributed by atoms with E-state index in [1.165, 1.54) is 29.5 Å². The Morgan fingerprint density at radius 1 is 1.19 bits per heavy atom. The number of halogens is 1. The van der Waals surface area contributed by atoms with Crippen molar-refractivity contribution in [2.45, 2.75) is 38.5 Å². The number of nitro benzene ring substituents is 1. The standard InChI is InChI=1S/C18H18ClN3O4S/c19-10-7-8-13(22(25)26)12(9-10)17(24)21-18-15(16(20)23)11-5-3-1-2-4-6-14(11)27-18/h7-9H,1-6H2,(H2,20,23)(H,21,24). The van der Waals surface area contributed by atoms with E-state index in [1.807, 2.05) is 0 Å². The Morgan fingerprint density at radius 3 is 2.56 bits per heavy atom. The summed E-state index contributed by atoms with van der Waals surface area (Å²) in [4.78, 5) is 36.4. The number of aryl methyl sites for hydroxylation is 1. The molecule has 3 rings (SSSR count). The molecule has 0 radical (unpaired) electrons. The second-order valence-corrected chi connectivity index (χ2v) is 7.90. The van der Waals surface area contributed by atoms with Crippen LogP contribution in [0.5, 0.6) is 0 Å². The summed E-state index contributed by atoms with van der Waals surface area (Å²) in [5.74, 6) is -1.30. The van der Waals surface area contributed by atoms with Gasteiger partial charge in [-0.25, -0.2) is 0 Å². The van der Waals surface area contributed by atoms with Gasteiger partial charge in [0, 0.05) is 16.0 Å². The summed E-state index contributed by atoms with van der Waals surface area (Å²) in [5.41, 5.74) is 6.27. The van der Waals surface area contributed by atoms with Crippen LogP contribution < -0.4 is 11.1 Å². The highest BCUT2D eigenvalue weighted by Crippen LogP contribution is 2.37. The molecule has 0 spiro atoms. The molecule has 1 aromatic heterocycles. The molecule has 0 aliphatic heterocycles. The summed E-state index contributed by atoms with van der Waals surface area (Å²) in [6, 6.07) is 3.77. The average molecular weight is 408 g/mol. The minimum atomic E-state index is -0.694. The van der Waals surface area contributed by atoms with Gasteiger partial charge in [0.05, 0.1) is 10.5 Å². The minimum Gasteiger partial charge on any atom is -0.365 e. The number of primary amides is 1. The Kier molecular flexibility index (Phi) is 5.76. The first-order valence-corrected chi connectivity index (χ1v) is 9.77. The molecule has 0 unspecified atom stereocenters. The van der Waals surface area contributed by atoms with Gasteiger partial charge in [-0.3, -0.25) is 19.7 Å². The number of rotatable bonds is 4. The minimum absolute atomic E-state index is 0.163. The number of fused-ring (bicyclic) bond motifs is 1. The topological polar surface area (TPSA) is 115 Å². The number of hydrogen-bond donors (Lipinski definition) is 2. The number of nitro groups is 1. The molecule has 2 amide bonds. The van der Waals surface area contributed by atoms with Gasteiger partial charge in [-0.05, 0) is 43.4 Å². The van der Waals surface area contributed by atoms with E-state index in [1.54, 1.807) is 0 Å². The van der Waals surface area contributed by atoms with Crippen molar-refractivity contribution in [2.75, 3.05) is 5.32 Å². The fourth-order valence-electron chi connectivity index (χ4n) is 3.29. The Hall–Kier alpha value is -2.45. The van der Waals surface area contributed by atoms with Crippen molar-refractivity contribution in [1.82, 2.24) is 0 Å². The van der Waals surface area contributed by atoms with Crippen LogP contribution in [0.25, 0.3) is 0 Å². The zero-order valence-corrected chi connectivity index (χ0v) is 16.0. The monoisotopic (exact) mass is 407 g/mol. The average Bonchev–Trinajstić information content (AvgIpc) is 2.91. The third-order valence-electron chi connectivity index (χ3n) is 4.54. The first-order chi connectivity index (χ1) is 12.9. The van der Waals surface area contributed by atoms with Crippen LogP contribution in [-0.2, 0) is 12.8 Å². The predicted molar refractivity (Wildman–Crippen MR) is 105 cm³/mol. The molecule has 0 atom stereocenters. The lowest BCUT2D eigenvalue weighted by atomic mass is 9.96. The van der Waals surface area contributed by atoms with Gasteiger partial charge in [-0.15, -0.1) is 11.3 Å². The molecule has 0 saturated heterocycles. The molecule has 142 valence electrons. The second kappa shape index (κ2) is 8.06. The van der Waals surface area contributed by atoms with Crippen LogP contribution in [0.15, 0.2) is 18.2 Å². The van der Waals surface area contributed by atoms with Crippen molar-refractivity contribution in [3.8, 4) is 0 Å². The molecule has 1 heterocycles. The van der Waals surface area contributed by atoms with Crippen molar-refractivity contribution in [3.05, 3.63) is 54.9 Å². The number of hydrogen-bond acceptors (Lipinski definition) is 5. The molecule has 1 aliphatic rings. The van der Waals surface area contributed by atoms with E-state index in [2.05, 4.69) is 5.32 Å². The lowest BCUT2D eigenvalue weighted by molar-refractivity contribution is -0.385. The van der Waals surface area contributed by atoms with Gasteiger partial charge < -0.3 is 11.1 Å². The summed E-state index contributed by atoms with van der Waals surface area (Å²) in [7, 11) is 0. The predicted octanol–water partition coefficient (Wildman–Crippen LogP) is 4.32. The van der Waals surface area contributed by atoms with Gasteiger partial charge in [0.1, 0.15) is 10.6 Å². The lowest BCUT2D eigenvalue weighted by Crippen LogP contribution is -2.19. The van der Waals surface area contributed by atoms with E-state index in [0.29, 0.717) is 10.6 Å². The molecule has 0 saturated carbocycles. The van der Waals surface area contributed by atoms with Crippen molar-refractivity contribution < 1.29 is 14.5 Å². The number of nitrogens with zero attached hydrogens (tertiary/aromatic N) is 1. The molecular formula is C18H18ClN3O4S. The fourth-order valence-corrected chi connectivity index (χ4v) is 4.75. The lowest BCUT2D eigenvalue weighted by Gasteiger charge is -2.10. The summed E-state index contributed by atoms with van der Waals surface area (Å²) < 4.78 is 0. The molecule has 9 heteroatoms. The summed E-state index contributed by atoms with van der Waals surface area (Å²) in [6.07, 6.45) is 5.74. The molecule has 3 N–H and O–H groups in total. The number of benzene rings is 1. The molecule has 0 bridgehead atoms. The molecule has 0 fully saturated rings. The highest BCUT2D eigenvalue weighted by molar-refractivity contribution is 7.17. The van der Waals surface area contributed by atoms with Gasteiger partial charge in [-0.1, -0.05) is 24.4 Å². The van der Waals surface area contributed by atoms with E-state index in [-0.39, 0.29) is 16.3 Å². The number of carbonyl (C=O) groups excluding carboxylic acids is 2. The maximum Gasteiger partial charge on any atom is 0.282 e.